The first-order valence-electron chi connectivity index (χ1n) is 9.16. The average Bonchev–Trinajstić information content (AvgIpc) is 2.83. The fraction of sp³-hybridized carbons (Fsp3) is 0.0400. The van der Waals surface area contributed by atoms with Gasteiger partial charge in [-0.25, -0.2) is 0 Å². The minimum atomic E-state index is -0.561. The number of hydrogen-bond donors (Lipinski definition) is 0. The number of benzene rings is 3. The Bertz CT molecular complexity index is 1430. The smallest absolute Gasteiger partial charge is 1.00 e. The fourth-order valence-electron chi connectivity index (χ4n) is 3.41. The van der Waals surface area contributed by atoms with Crippen LogP contribution >= 0.6 is 0 Å². The molecule has 35 heavy (non-hydrogen) atoms. The topological polar surface area (TPSA) is 152 Å². The number of fused-ring (bicyclic) bond motifs is 2. The molecule has 1 aliphatic rings. The van der Waals surface area contributed by atoms with E-state index in [1.54, 1.807) is 49.4 Å². The summed E-state index contributed by atoms with van der Waals surface area (Å²) in [6.45, 7) is 1.75. The second-order valence-corrected chi connectivity index (χ2v) is 6.65. The van der Waals surface area contributed by atoms with Crippen LogP contribution in [0.5, 0.6) is 5.75 Å². The van der Waals surface area contributed by atoms with E-state index in [0.717, 1.165) is 5.39 Å². The Hall–Kier alpha value is -2.24. The van der Waals surface area contributed by atoms with Crippen LogP contribution in [0.3, 0.4) is 0 Å². The average molecular weight is 485 g/mol. The third-order valence-corrected chi connectivity index (χ3v) is 5.00. The van der Waals surface area contributed by atoms with E-state index >= 15 is 0 Å². The molecule has 4 rings (SSSR count). The molecule has 0 atom stereocenters. The molecule has 0 unspecified atom stereocenters. The predicted octanol–water partition coefficient (Wildman–Crippen LogP) is -5.50. The van der Waals surface area contributed by atoms with Crippen molar-refractivity contribution >= 4 is 22.3 Å². The van der Waals surface area contributed by atoms with E-state index in [9.17, 15) is 14.7 Å². The monoisotopic (exact) mass is 485 g/mol. The van der Waals surface area contributed by atoms with Crippen LogP contribution in [0, 0.1) is 52.2 Å². The zero-order valence-electron chi connectivity index (χ0n) is 20.6. The van der Waals surface area contributed by atoms with Crippen molar-refractivity contribution in [2.45, 2.75) is 6.92 Å². The summed E-state index contributed by atoms with van der Waals surface area (Å²) in [4.78, 5) is 23.6. The number of carbonyl (C=O) groups is 2. The Morgan fingerprint density at radius 1 is 0.657 bits per heavy atom. The summed E-state index contributed by atoms with van der Waals surface area (Å²) in [5.74, 6) is -1.48. The number of nitrogens with zero attached hydrogens (tertiary/aromatic N) is 4. The third-order valence-electron chi connectivity index (χ3n) is 5.00. The molecule has 0 saturated carbocycles. The molecule has 0 aliphatic heterocycles. The molecule has 1 aliphatic carbocycles. The maximum atomic E-state index is 11.9. The van der Waals surface area contributed by atoms with Crippen molar-refractivity contribution in [3.05, 3.63) is 87.5 Å². The summed E-state index contributed by atoms with van der Waals surface area (Å²) in [5, 5.41) is 48.6. The zero-order chi connectivity index (χ0) is 23.4. The third kappa shape index (κ3) is 6.13. The van der Waals surface area contributed by atoms with Crippen molar-refractivity contribution in [3.63, 3.8) is 0 Å². The maximum Gasteiger partial charge on any atom is 1.00 e. The standard InChI is InChI=1S/C13H8N2O.C12H4N2O2.3Na.H/c1-8-9-4-2-3-5-10(9)13(16)12(7-15)11(8)6-14;13-5-9-10(6-14)12(16)8-4-2-1-3-7(8)11(9)15;;;;/h2-5,16H,1H3;1-4H;;;;/q;;3*+1;-1/p-1. The number of allylic oxidation sites excluding steroid dienone is 2. The first-order valence-corrected chi connectivity index (χ1v) is 9.16. The second-order valence-electron chi connectivity index (χ2n) is 6.65. The van der Waals surface area contributed by atoms with Crippen LogP contribution in [-0.4, -0.2) is 11.6 Å². The predicted molar refractivity (Wildman–Crippen MR) is 112 cm³/mol. The quantitative estimate of drug-likeness (QED) is 0.288. The minimum Gasteiger partial charge on any atom is -1.00 e. The van der Waals surface area contributed by atoms with Crippen molar-refractivity contribution in [1.82, 2.24) is 0 Å². The molecule has 0 heterocycles. The van der Waals surface area contributed by atoms with E-state index in [1.807, 2.05) is 18.2 Å². The molecule has 0 fully saturated rings. The van der Waals surface area contributed by atoms with Gasteiger partial charge in [-0.15, -0.1) is 0 Å². The van der Waals surface area contributed by atoms with Gasteiger partial charge in [0, 0.05) is 11.1 Å². The molecule has 0 amide bonds. The summed E-state index contributed by atoms with van der Waals surface area (Å²) >= 11 is 0. The van der Waals surface area contributed by atoms with Gasteiger partial charge in [-0.2, -0.15) is 21.0 Å². The molecular weight excluding hydrogens is 473 g/mol. The molecule has 3 aromatic rings. The van der Waals surface area contributed by atoms with Gasteiger partial charge in [0.2, 0.25) is 11.6 Å². The summed E-state index contributed by atoms with van der Waals surface area (Å²) in [6.07, 6.45) is 0. The second kappa shape index (κ2) is 14.4. The molecule has 152 valence electrons. The summed E-state index contributed by atoms with van der Waals surface area (Å²) < 4.78 is 0. The van der Waals surface area contributed by atoms with Crippen LogP contribution in [0.15, 0.2) is 59.7 Å². The van der Waals surface area contributed by atoms with Crippen LogP contribution < -0.4 is 93.8 Å². The molecule has 0 saturated heterocycles. The van der Waals surface area contributed by atoms with Crippen LogP contribution in [0.4, 0.5) is 0 Å². The van der Waals surface area contributed by atoms with Gasteiger partial charge in [0.1, 0.15) is 29.4 Å². The first kappa shape index (κ1) is 32.8. The maximum absolute atomic E-state index is 11.9. The number of ketones is 2. The van der Waals surface area contributed by atoms with Gasteiger partial charge >= 0.3 is 88.7 Å². The van der Waals surface area contributed by atoms with Crippen LogP contribution in [0.1, 0.15) is 38.8 Å². The van der Waals surface area contributed by atoms with Gasteiger partial charge in [0.05, 0.1) is 17.2 Å². The van der Waals surface area contributed by atoms with E-state index in [2.05, 4.69) is 0 Å². The molecule has 0 radical (unpaired) electrons. The molecule has 0 N–H and O–H groups in total. The number of aryl methyl sites for hydroxylation is 1. The Labute approximate surface area is 269 Å². The molecule has 3 aromatic carbocycles. The molecule has 7 nitrogen and oxygen atoms in total. The van der Waals surface area contributed by atoms with Gasteiger partial charge in [-0.3, -0.25) is 9.59 Å². The van der Waals surface area contributed by atoms with Gasteiger partial charge in [-0.05, 0) is 23.3 Å². The van der Waals surface area contributed by atoms with E-state index < -0.39 is 11.6 Å². The number of Topliss-reactive ketones (excluding diaryl/α,β-unsaturated/α-hetero) is 2. The number of rotatable bonds is 0. The Morgan fingerprint density at radius 3 is 1.46 bits per heavy atom. The van der Waals surface area contributed by atoms with Crippen molar-refractivity contribution in [2.75, 3.05) is 0 Å². The largest absolute Gasteiger partial charge is 1.00 e. The van der Waals surface area contributed by atoms with Gasteiger partial charge in [0.15, 0.2) is 0 Å². The van der Waals surface area contributed by atoms with Crippen molar-refractivity contribution in [3.8, 4) is 30.0 Å². The Balaban J connectivity index is 0. The summed E-state index contributed by atoms with van der Waals surface area (Å²) in [6, 6.07) is 20.1. The first-order chi connectivity index (χ1) is 15.4. The fourth-order valence-corrected chi connectivity index (χ4v) is 3.41. The number of nitriles is 4. The van der Waals surface area contributed by atoms with Crippen molar-refractivity contribution in [2.24, 2.45) is 0 Å². The number of hydrogen-bond acceptors (Lipinski definition) is 7. The molecule has 0 spiro atoms. The SMILES string of the molecule is Cc1c(C#N)c(C#N)c([O-])c2ccccc12.N#CC1=C(C#N)C(=O)c2ccccc2C1=O.[H-].[Na+].[Na+].[Na+]. The minimum absolute atomic E-state index is 0. The van der Waals surface area contributed by atoms with Crippen LogP contribution in [0.25, 0.3) is 10.8 Å². The van der Waals surface area contributed by atoms with Crippen LogP contribution in [0.2, 0.25) is 0 Å². The van der Waals surface area contributed by atoms with Crippen molar-refractivity contribution in [1.29, 1.82) is 21.0 Å². The van der Waals surface area contributed by atoms with Gasteiger partial charge in [-0.1, -0.05) is 54.3 Å². The summed E-state index contributed by atoms with van der Waals surface area (Å²) in [5.41, 5.74) is 0.447. The normalized spacial score (nSPS) is 10.9. The molecule has 0 aromatic heterocycles. The zero-order valence-corrected chi connectivity index (χ0v) is 25.6. The van der Waals surface area contributed by atoms with E-state index in [-0.39, 0.29) is 129 Å². The molecular formula is C25H12N4Na3O3+. The van der Waals surface area contributed by atoms with Gasteiger partial charge in [0.25, 0.3) is 0 Å². The molecule has 10 heteroatoms. The van der Waals surface area contributed by atoms with Crippen molar-refractivity contribution < 1.29 is 105 Å². The Kier molecular flexibility index (Phi) is 13.4. The van der Waals surface area contributed by atoms with E-state index in [1.165, 1.54) is 12.1 Å². The van der Waals surface area contributed by atoms with E-state index in [4.69, 9.17) is 21.0 Å². The van der Waals surface area contributed by atoms with E-state index in [0.29, 0.717) is 10.9 Å². The molecule has 0 bridgehead atoms. The van der Waals surface area contributed by atoms with Crippen LogP contribution in [-0.2, 0) is 0 Å². The number of carbonyl (C=O) groups excluding carboxylic acids is 2. The van der Waals surface area contributed by atoms with Gasteiger partial charge < -0.3 is 6.53 Å². The Morgan fingerprint density at radius 2 is 1.06 bits per heavy atom. The summed E-state index contributed by atoms with van der Waals surface area (Å²) in [7, 11) is 0.